The van der Waals surface area contributed by atoms with Crippen LogP contribution in [0.4, 0.5) is 0 Å². The van der Waals surface area contributed by atoms with Crippen LogP contribution in [0.25, 0.3) is 0 Å². The molecule has 0 aromatic heterocycles. The summed E-state index contributed by atoms with van der Waals surface area (Å²) >= 11 is 0. The van der Waals surface area contributed by atoms with Crippen LogP contribution >= 0.6 is 0 Å². The Kier molecular flexibility index (Phi) is 13.1. The van der Waals surface area contributed by atoms with Crippen molar-refractivity contribution in [2.45, 2.75) is 63.9 Å². The minimum absolute atomic E-state index is 0.167. The summed E-state index contributed by atoms with van der Waals surface area (Å²) < 4.78 is 0. The number of unbranched alkanes of at least 4 members (excludes halogenated alkanes) is 7. The van der Waals surface area contributed by atoms with Crippen molar-refractivity contribution in [2.75, 3.05) is 13.2 Å². The Morgan fingerprint density at radius 1 is 0.882 bits per heavy atom. The third kappa shape index (κ3) is 13.4. The summed E-state index contributed by atoms with van der Waals surface area (Å²) in [5.41, 5.74) is 5.42. The number of hydrogen-bond acceptors (Lipinski definition) is 3. The second kappa shape index (κ2) is 13.5. The van der Waals surface area contributed by atoms with Crippen molar-refractivity contribution < 1.29 is 10.2 Å². The molecule has 0 aromatic rings. The summed E-state index contributed by atoms with van der Waals surface area (Å²) in [6.45, 7) is 0.645. The molecule has 0 bridgehead atoms. The number of aliphatic hydroxyl groups excluding tert-OH is 2. The highest BCUT2D eigenvalue weighted by atomic mass is 16.3. The van der Waals surface area contributed by atoms with E-state index in [9.17, 15) is 5.11 Å². The predicted molar refractivity (Wildman–Crippen MR) is 71.5 cm³/mol. The van der Waals surface area contributed by atoms with Gasteiger partial charge in [0.2, 0.25) is 0 Å². The Morgan fingerprint density at radius 2 is 1.41 bits per heavy atom. The van der Waals surface area contributed by atoms with Crippen LogP contribution < -0.4 is 5.73 Å². The maximum Gasteiger partial charge on any atom is 0.114 e. The highest BCUT2D eigenvalue weighted by Crippen LogP contribution is 2.10. The standard InChI is InChI=1S/C14H27NO2/c15-12-8-6-4-2-1-3-5-7-10-14(17)11-9-13-16/h14,16-17H,1-8,10,12-13,15H2. The third-order valence-corrected chi connectivity index (χ3v) is 2.78. The minimum Gasteiger partial charge on any atom is -0.384 e. The highest BCUT2D eigenvalue weighted by molar-refractivity contribution is 5.04. The van der Waals surface area contributed by atoms with Gasteiger partial charge in [-0.15, -0.1) is 0 Å². The molecule has 0 amide bonds. The number of hydrogen-bond donors (Lipinski definition) is 3. The zero-order valence-electron chi connectivity index (χ0n) is 10.8. The molecule has 0 rings (SSSR count). The van der Waals surface area contributed by atoms with E-state index in [2.05, 4.69) is 11.8 Å². The molecule has 0 saturated heterocycles. The van der Waals surface area contributed by atoms with Gasteiger partial charge in [0.05, 0.1) is 0 Å². The molecule has 1 atom stereocenters. The molecule has 100 valence electrons. The molecule has 17 heavy (non-hydrogen) atoms. The molecule has 0 heterocycles. The van der Waals surface area contributed by atoms with Crippen LogP contribution in [-0.4, -0.2) is 29.5 Å². The quantitative estimate of drug-likeness (QED) is 0.404. The van der Waals surface area contributed by atoms with Gasteiger partial charge in [0.1, 0.15) is 12.7 Å². The summed E-state index contributed by atoms with van der Waals surface area (Å²) in [4.78, 5) is 0. The number of nitrogens with two attached hydrogens (primary N) is 1. The Hall–Kier alpha value is -0.560. The van der Waals surface area contributed by atoms with E-state index in [1.807, 2.05) is 0 Å². The zero-order chi connectivity index (χ0) is 12.8. The first-order valence-electron chi connectivity index (χ1n) is 6.78. The van der Waals surface area contributed by atoms with Gasteiger partial charge < -0.3 is 15.9 Å². The molecule has 3 nitrogen and oxygen atoms in total. The number of aliphatic hydroxyl groups is 2. The fraction of sp³-hybridized carbons (Fsp3) is 0.857. The van der Waals surface area contributed by atoms with Crippen molar-refractivity contribution in [3.63, 3.8) is 0 Å². The van der Waals surface area contributed by atoms with E-state index in [-0.39, 0.29) is 6.61 Å². The van der Waals surface area contributed by atoms with Crippen LogP contribution in [0.15, 0.2) is 0 Å². The Labute approximate surface area is 105 Å². The van der Waals surface area contributed by atoms with Crippen molar-refractivity contribution >= 4 is 0 Å². The highest BCUT2D eigenvalue weighted by Gasteiger charge is 1.98. The summed E-state index contributed by atoms with van der Waals surface area (Å²) in [6, 6.07) is 0. The van der Waals surface area contributed by atoms with Crippen molar-refractivity contribution in [1.82, 2.24) is 0 Å². The summed E-state index contributed by atoms with van der Waals surface area (Å²) in [6.07, 6.45) is 9.85. The molecule has 0 radical (unpaired) electrons. The third-order valence-electron chi connectivity index (χ3n) is 2.78. The van der Waals surface area contributed by atoms with E-state index >= 15 is 0 Å². The van der Waals surface area contributed by atoms with E-state index in [1.165, 1.54) is 32.1 Å². The maximum absolute atomic E-state index is 9.38. The molecular weight excluding hydrogens is 214 g/mol. The van der Waals surface area contributed by atoms with Crippen LogP contribution in [0.3, 0.4) is 0 Å². The fourth-order valence-corrected chi connectivity index (χ4v) is 1.78. The average Bonchev–Trinajstić information content (AvgIpc) is 2.34. The van der Waals surface area contributed by atoms with Gasteiger partial charge in [0, 0.05) is 0 Å². The average molecular weight is 241 g/mol. The van der Waals surface area contributed by atoms with E-state index in [0.29, 0.717) is 0 Å². The summed E-state index contributed by atoms with van der Waals surface area (Å²) in [5, 5.41) is 17.8. The lowest BCUT2D eigenvalue weighted by atomic mass is 10.1. The lowest BCUT2D eigenvalue weighted by Gasteiger charge is -2.03. The topological polar surface area (TPSA) is 66.5 Å². The van der Waals surface area contributed by atoms with E-state index in [4.69, 9.17) is 10.8 Å². The first-order valence-corrected chi connectivity index (χ1v) is 6.78. The first kappa shape index (κ1) is 16.4. The molecular formula is C14H27NO2. The van der Waals surface area contributed by atoms with Gasteiger partial charge in [-0.25, -0.2) is 0 Å². The number of rotatable bonds is 10. The largest absolute Gasteiger partial charge is 0.384 e. The smallest absolute Gasteiger partial charge is 0.114 e. The predicted octanol–water partition coefficient (Wildman–Crippen LogP) is 1.81. The molecule has 4 N–H and O–H groups in total. The first-order chi connectivity index (χ1) is 8.31. The van der Waals surface area contributed by atoms with Crippen molar-refractivity contribution in [1.29, 1.82) is 0 Å². The summed E-state index contributed by atoms with van der Waals surface area (Å²) in [7, 11) is 0. The molecule has 0 saturated carbocycles. The molecule has 0 aromatic carbocycles. The Bertz CT molecular complexity index is 208. The van der Waals surface area contributed by atoms with E-state index < -0.39 is 6.10 Å². The van der Waals surface area contributed by atoms with Crippen LogP contribution in [0.5, 0.6) is 0 Å². The monoisotopic (exact) mass is 241 g/mol. The van der Waals surface area contributed by atoms with Gasteiger partial charge in [-0.1, -0.05) is 50.4 Å². The fourth-order valence-electron chi connectivity index (χ4n) is 1.78. The molecule has 3 heteroatoms. The van der Waals surface area contributed by atoms with Gasteiger partial charge in [0.15, 0.2) is 0 Å². The van der Waals surface area contributed by atoms with E-state index in [1.54, 1.807) is 0 Å². The van der Waals surface area contributed by atoms with Crippen LogP contribution in [0, 0.1) is 11.8 Å². The normalized spacial score (nSPS) is 11.9. The second-order valence-corrected chi connectivity index (χ2v) is 4.40. The SMILES string of the molecule is NCCCCCCCCCCC(O)C#CCO. The second-order valence-electron chi connectivity index (χ2n) is 4.40. The van der Waals surface area contributed by atoms with Gasteiger partial charge in [-0.2, -0.15) is 0 Å². The van der Waals surface area contributed by atoms with Crippen molar-refractivity contribution in [3.8, 4) is 11.8 Å². The lowest BCUT2D eigenvalue weighted by molar-refractivity contribution is 0.216. The van der Waals surface area contributed by atoms with Gasteiger partial charge in [0.25, 0.3) is 0 Å². The Morgan fingerprint density at radius 3 is 1.94 bits per heavy atom. The Balaban J connectivity index is 3.13. The van der Waals surface area contributed by atoms with Gasteiger partial charge >= 0.3 is 0 Å². The molecule has 0 aliphatic rings. The van der Waals surface area contributed by atoms with Gasteiger partial charge in [-0.05, 0) is 25.8 Å². The maximum atomic E-state index is 9.38. The lowest BCUT2D eigenvalue weighted by Crippen LogP contribution is -2.02. The van der Waals surface area contributed by atoms with Crippen LogP contribution in [0.1, 0.15) is 57.8 Å². The summed E-state index contributed by atoms with van der Waals surface area (Å²) in [5.74, 6) is 5.08. The molecule has 0 fully saturated rings. The van der Waals surface area contributed by atoms with Crippen LogP contribution in [-0.2, 0) is 0 Å². The zero-order valence-corrected chi connectivity index (χ0v) is 10.8. The minimum atomic E-state index is -0.563. The molecule has 0 spiro atoms. The van der Waals surface area contributed by atoms with Gasteiger partial charge in [-0.3, -0.25) is 0 Å². The van der Waals surface area contributed by atoms with Crippen LogP contribution in [0.2, 0.25) is 0 Å². The molecule has 0 aliphatic carbocycles. The molecule has 1 unspecified atom stereocenters. The molecule has 0 aliphatic heterocycles. The van der Waals surface area contributed by atoms with Crippen molar-refractivity contribution in [2.24, 2.45) is 5.73 Å². The van der Waals surface area contributed by atoms with Crippen molar-refractivity contribution in [3.05, 3.63) is 0 Å². The van der Waals surface area contributed by atoms with E-state index in [0.717, 1.165) is 32.2 Å².